The van der Waals surface area contributed by atoms with Crippen LogP contribution in [0.5, 0.6) is 0 Å². The fourth-order valence-corrected chi connectivity index (χ4v) is 4.87. The van der Waals surface area contributed by atoms with Gasteiger partial charge >= 0.3 is 0 Å². The highest BCUT2D eigenvalue weighted by Gasteiger charge is 2.46. The number of fused-ring (bicyclic) bond motifs is 2. The molecule has 136 valence electrons. The first-order valence-electron chi connectivity index (χ1n) is 9.70. The molecule has 0 heterocycles. The molecule has 0 fully saturated rings. The summed E-state index contributed by atoms with van der Waals surface area (Å²) in [6, 6.07) is 39.1. The van der Waals surface area contributed by atoms with Crippen molar-refractivity contribution in [3.8, 4) is 0 Å². The van der Waals surface area contributed by atoms with Crippen molar-refractivity contribution in [2.75, 3.05) is 7.11 Å². The first kappa shape index (κ1) is 17.0. The summed E-state index contributed by atoms with van der Waals surface area (Å²) in [5, 5.41) is 0. The van der Waals surface area contributed by atoms with Gasteiger partial charge in [-0.2, -0.15) is 0 Å². The van der Waals surface area contributed by atoms with Crippen molar-refractivity contribution in [2.24, 2.45) is 0 Å². The molecule has 0 atom stereocenters. The van der Waals surface area contributed by atoms with E-state index in [9.17, 15) is 0 Å². The van der Waals surface area contributed by atoms with Crippen molar-refractivity contribution in [2.45, 2.75) is 11.5 Å². The van der Waals surface area contributed by atoms with Crippen LogP contribution in [0.15, 0.2) is 109 Å². The largest absolute Gasteiger partial charge is 0.372 e. The molecule has 0 aromatic heterocycles. The van der Waals surface area contributed by atoms with Crippen LogP contribution in [0, 0.1) is 0 Å². The van der Waals surface area contributed by atoms with Gasteiger partial charge in [-0.1, -0.05) is 109 Å². The molecule has 0 amide bonds. The molecule has 0 saturated carbocycles. The second-order valence-electron chi connectivity index (χ2n) is 7.27. The van der Waals surface area contributed by atoms with E-state index in [0.29, 0.717) is 0 Å². The van der Waals surface area contributed by atoms with Crippen LogP contribution in [-0.4, -0.2) is 7.11 Å². The van der Waals surface area contributed by atoms with Crippen molar-refractivity contribution >= 4 is 0 Å². The molecule has 1 aliphatic carbocycles. The summed E-state index contributed by atoms with van der Waals surface area (Å²) in [5.41, 5.74) is 7.22. The van der Waals surface area contributed by atoms with Crippen molar-refractivity contribution in [1.29, 1.82) is 0 Å². The van der Waals surface area contributed by atoms with Crippen molar-refractivity contribution in [3.05, 3.63) is 143 Å². The third kappa shape index (κ3) is 2.30. The third-order valence-electron chi connectivity index (χ3n) is 5.94. The normalized spacial score (nSPS) is 14.9. The Bertz CT molecular complexity index is 1010. The topological polar surface area (TPSA) is 9.23 Å². The smallest absolute Gasteiger partial charge is 0.108 e. The molecule has 1 heteroatoms. The molecule has 5 rings (SSSR count). The Kier molecular flexibility index (Phi) is 4.11. The van der Waals surface area contributed by atoms with Crippen LogP contribution in [0.1, 0.15) is 39.5 Å². The zero-order valence-electron chi connectivity index (χ0n) is 15.9. The molecular formula is C27H22O. The Morgan fingerprint density at radius 3 is 1.36 bits per heavy atom. The SMILES string of the molecule is COC1c2ccccc2C(c2ccccc2)(c2ccccc2)c2ccccc21. The summed E-state index contributed by atoms with van der Waals surface area (Å²) in [4.78, 5) is 0. The summed E-state index contributed by atoms with van der Waals surface area (Å²) < 4.78 is 6.01. The number of ether oxygens (including phenoxy) is 1. The average molecular weight is 362 g/mol. The molecule has 0 spiro atoms. The van der Waals surface area contributed by atoms with Gasteiger partial charge in [-0.05, 0) is 33.4 Å². The maximum atomic E-state index is 6.01. The minimum atomic E-state index is -0.370. The van der Waals surface area contributed by atoms with Crippen molar-refractivity contribution < 1.29 is 4.74 Å². The summed E-state index contributed by atoms with van der Waals surface area (Å²) in [6.07, 6.45) is -0.0621. The number of rotatable bonds is 3. The van der Waals surface area contributed by atoms with Gasteiger partial charge in [-0.15, -0.1) is 0 Å². The minimum absolute atomic E-state index is 0.0621. The number of benzene rings is 4. The summed E-state index contributed by atoms with van der Waals surface area (Å²) >= 11 is 0. The Morgan fingerprint density at radius 1 is 0.536 bits per heavy atom. The summed E-state index contributed by atoms with van der Waals surface area (Å²) in [7, 11) is 1.80. The van der Waals surface area contributed by atoms with E-state index in [1.807, 2.05) is 0 Å². The van der Waals surface area contributed by atoms with E-state index in [-0.39, 0.29) is 11.5 Å². The molecule has 28 heavy (non-hydrogen) atoms. The first-order valence-corrected chi connectivity index (χ1v) is 9.70. The van der Waals surface area contributed by atoms with Gasteiger partial charge in [0.2, 0.25) is 0 Å². The highest BCUT2D eigenvalue weighted by molar-refractivity contribution is 5.67. The molecule has 0 aliphatic heterocycles. The molecule has 4 aromatic rings. The van der Waals surface area contributed by atoms with E-state index in [1.165, 1.54) is 33.4 Å². The van der Waals surface area contributed by atoms with Gasteiger partial charge in [-0.3, -0.25) is 0 Å². The molecule has 1 aliphatic rings. The van der Waals surface area contributed by atoms with Crippen LogP contribution in [0.4, 0.5) is 0 Å². The van der Waals surface area contributed by atoms with Gasteiger partial charge in [0, 0.05) is 7.11 Å². The molecule has 1 nitrogen and oxygen atoms in total. The zero-order chi connectivity index (χ0) is 19.0. The summed E-state index contributed by atoms with van der Waals surface area (Å²) in [6.45, 7) is 0. The molecule has 0 radical (unpaired) electrons. The lowest BCUT2D eigenvalue weighted by Gasteiger charge is -2.44. The second-order valence-corrected chi connectivity index (χ2v) is 7.27. The Labute approximate surface area is 166 Å². The number of methoxy groups -OCH3 is 1. The van der Waals surface area contributed by atoms with E-state index in [1.54, 1.807) is 7.11 Å². The zero-order valence-corrected chi connectivity index (χ0v) is 15.9. The standard InChI is InChI=1S/C27H22O/c1-28-26-22-16-8-10-18-24(22)27(20-12-4-2-5-13-20,21-14-6-3-7-15-21)25-19-11-9-17-23(25)26/h2-19,26H,1H3. The van der Waals surface area contributed by atoms with Gasteiger partial charge in [0.25, 0.3) is 0 Å². The van der Waals surface area contributed by atoms with Gasteiger partial charge in [-0.25, -0.2) is 0 Å². The third-order valence-corrected chi connectivity index (χ3v) is 5.94. The van der Waals surface area contributed by atoms with Crippen LogP contribution in [-0.2, 0) is 10.2 Å². The van der Waals surface area contributed by atoms with Crippen LogP contribution in [0.3, 0.4) is 0 Å². The van der Waals surface area contributed by atoms with E-state index in [4.69, 9.17) is 4.74 Å². The van der Waals surface area contributed by atoms with Crippen LogP contribution < -0.4 is 0 Å². The minimum Gasteiger partial charge on any atom is -0.372 e. The predicted molar refractivity (Wildman–Crippen MR) is 114 cm³/mol. The Hall–Kier alpha value is -3.16. The Balaban J connectivity index is 1.98. The molecule has 0 bridgehead atoms. The van der Waals surface area contributed by atoms with Gasteiger partial charge in [0.1, 0.15) is 6.10 Å². The van der Waals surface area contributed by atoms with Crippen LogP contribution in [0.25, 0.3) is 0 Å². The van der Waals surface area contributed by atoms with E-state index < -0.39 is 0 Å². The highest BCUT2D eigenvalue weighted by Crippen LogP contribution is 2.53. The fraction of sp³-hybridized carbons (Fsp3) is 0.111. The van der Waals surface area contributed by atoms with Gasteiger partial charge in [0.05, 0.1) is 5.41 Å². The van der Waals surface area contributed by atoms with Gasteiger partial charge < -0.3 is 4.74 Å². The van der Waals surface area contributed by atoms with Crippen LogP contribution in [0.2, 0.25) is 0 Å². The van der Waals surface area contributed by atoms with E-state index >= 15 is 0 Å². The quantitative estimate of drug-likeness (QED) is 0.427. The lowest BCUT2D eigenvalue weighted by Crippen LogP contribution is -2.37. The maximum absolute atomic E-state index is 6.01. The predicted octanol–water partition coefficient (Wildman–Crippen LogP) is 6.12. The van der Waals surface area contributed by atoms with E-state index in [0.717, 1.165) is 0 Å². The molecule has 4 aromatic carbocycles. The Morgan fingerprint density at radius 2 is 0.929 bits per heavy atom. The van der Waals surface area contributed by atoms with Crippen LogP contribution >= 0.6 is 0 Å². The average Bonchev–Trinajstić information content (AvgIpc) is 2.78. The lowest BCUT2D eigenvalue weighted by molar-refractivity contribution is 0.131. The molecule has 0 unspecified atom stereocenters. The summed E-state index contributed by atoms with van der Waals surface area (Å²) in [5.74, 6) is 0. The monoisotopic (exact) mass is 362 g/mol. The first-order chi connectivity index (χ1) is 13.9. The number of hydrogen-bond acceptors (Lipinski definition) is 1. The van der Waals surface area contributed by atoms with Crippen molar-refractivity contribution in [1.82, 2.24) is 0 Å². The molecular weight excluding hydrogens is 340 g/mol. The van der Waals surface area contributed by atoms with Gasteiger partial charge in [0.15, 0.2) is 0 Å². The molecule has 0 saturated heterocycles. The maximum Gasteiger partial charge on any atom is 0.108 e. The second kappa shape index (κ2) is 6.78. The van der Waals surface area contributed by atoms with Crippen molar-refractivity contribution in [3.63, 3.8) is 0 Å². The van der Waals surface area contributed by atoms with E-state index in [2.05, 4.69) is 109 Å². The highest BCUT2D eigenvalue weighted by atomic mass is 16.5. The fourth-order valence-electron chi connectivity index (χ4n) is 4.87. The molecule has 0 N–H and O–H groups in total. The lowest BCUT2D eigenvalue weighted by atomic mass is 9.59. The number of hydrogen-bond donors (Lipinski definition) is 0.